The second-order valence-electron chi connectivity index (χ2n) is 6.66. The SMILES string of the molecule is CN1CC[C@H]2C[C@]2(C(=O)Nc2ccc(OC3CSC3)cc2)S1(=O)=O. The van der Waals surface area contributed by atoms with Crippen LogP contribution in [0.2, 0.25) is 0 Å². The fraction of sp³-hybridized carbons (Fsp3) is 0.562. The summed E-state index contributed by atoms with van der Waals surface area (Å²) >= 11 is 1.85. The number of ether oxygens (including phenoxy) is 1. The Labute approximate surface area is 146 Å². The molecule has 0 bridgehead atoms. The molecule has 3 fully saturated rings. The zero-order chi connectivity index (χ0) is 16.9. The normalized spacial score (nSPS) is 31.6. The zero-order valence-electron chi connectivity index (χ0n) is 13.4. The maximum Gasteiger partial charge on any atom is 0.247 e. The lowest BCUT2D eigenvalue weighted by Gasteiger charge is -2.29. The highest BCUT2D eigenvalue weighted by atomic mass is 32.2. The fourth-order valence-corrected chi connectivity index (χ4v) is 6.12. The first-order valence-corrected chi connectivity index (χ1v) is 10.6. The maximum atomic E-state index is 12.7. The van der Waals surface area contributed by atoms with Crippen LogP contribution in [0.25, 0.3) is 0 Å². The highest BCUT2D eigenvalue weighted by molar-refractivity contribution is 8.00. The molecule has 2 saturated heterocycles. The van der Waals surface area contributed by atoms with Gasteiger partial charge in [-0.3, -0.25) is 4.79 Å². The number of thioether (sulfide) groups is 1. The largest absolute Gasteiger partial charge is 0.489 e. The van der Waals surface area contributed by atoms with Crippen LogP contribution >= 0.6 is 11.8 Å². The molecule has 2 atom stereocenters. The van der Waals surface area contributed by atoms with Crippen molar-refractivity contribution in [3.8, 4) is 5.75 Å². The highest BCUT2D eigenvalue weighted by Gasteiger charge is 2.71. The van der Waals surface area contributed by atoms with Gasteiger partial charge in [0, 0.05) is 30.8 Å². The summed E-state index contributed by atoms with van der Waals surface area (Å²) in [5, 5.41) is 2.77. The van der Waals surface area contributed by atoms with E-state index in [0.29, 0.717) is 18.7 Å². The summed E-state index contributed by atoms with van der Waals surface area (Å²) < 4.78 is 30.9. The predicted octanol–water partition coefficient (Wildman–Crippen LogP) is 1.54. The van der Waals surface area contributed by atoms with Gasteiger partial charge in [-0.2, -0.15) is 11.8 Å². The van der Waals surface area contributed by atoms with Crippen molar-refractivity contribution in [3.63, 3.8) is 0 Å². The van der Waals surface area contributed by atoms with E-state index in [0.717, 1.165) is 23.7 Å². The van der Waals surface area contributed by atoms with Gasteiger partial charge in [0.25, 0.3) is 0 Å². The fourth-order valence-electron chi connectivity index (χ4n) is 3.42. The molecule has 1 N–H and O–H groups in total. The monoisotopic (exact) mass is 368 g/mol. The minimum absolute atomic E-state index is 0.0579. The van der Waals surface area contributed by atoms with Gasteiger partial charge in [0.15, 0.2) is 4.75 Å². The Balaban J connectivity index is 1.46. The van der Waals surface area contributed by atoms with E-state index in [9.17, 15) is 13.2 Å². The Morgan fingerprint density at radius 1 is 1.33 bits per heavy atom. The van der Waals surface area contributed by atoms with Crippen LogP contribution in [-0.4, -0.2) is 54.6 Å². The second kappa shape index (κ2) is 5.64. The number of rotatable bonds is 4. The Hall–Kier alpha value is -1.25. The predicted molar refractivity (Wildman–Crippen MR) is 93.8 cm³/mol. The summed E-state index contributed by atoms with van der Waals surface area (Å²) in [6.07, 6.45) is 1.44. The molecule has 0 aromatic heterocycles. The number of benzene rings is 1. The van der Waals surface area contributed by atoms with Gasteiger partial charge in [-0.15, -0.1) is 0 Å². The number of nitrogens with zero attached hydrogens (tertiary/aromatic N) is 1. The lowest BCUT2D eigenvalue weighted by molar-refractivity contribution is -0.117. The number of fused-ring (bicyclic) bond motifs is 1. The molecule has 1 saturated carbocycles. The number of carbonyl (C=O) groups is 1. The van der Waals surface area contributed by atoms with Crippen LogP contribution in [0.3, 0.4) is 0 Å². The van der Waals surface area contributed by atoms with Crippen molar-refractivity contribution in [2.24, 2.45) is 5.92 Å². The third-order valence-electron chi connectivity index (χ3n) is 5.12. The van der Waals surface area contributed by atoms with Crippen LogP contribution in [0.15, 0.2) is 24.3 Å². The average Bonchev–Trinajstić information content (AvgIpc) is 3.26. The first-order valence-electron chi connectivity index (χ1n) is 8.05. The molecular weight excluding hydrogens is 348 g/mol. The molecule has 1 amide bonds. The molecule has 1 aromatic carbocycles. The third kappa shape index (κ3) is 2.43. The molecule has 24 heavy (non-hydrogen) atoms. The summed E-state index contributed by atoms with van der Waals surface area (Å²) in [5.74, 6) is 2.31. The van der Waals surface area contributed by atoms with E-state index in [1.54, 1.807) is 19.2 Å². The quantitative estimate of drug-likeness (QED) is 0.873. The summed E-state index contributed by atoms with van der Waals surface area (Å²) in [6, 6.07) is 7.13. The van der Waals surface area contributed by atoms with E-state index >= 15 is 0 Å². The van der Waals surface area contributed by atoms with Gasteiger partial charge in [-0.1, -0.05) is 0 Å². The van der Waals surface area contributed by atoms with Crippen LogP contribution < -0.4 is 10.1 Å². The number of anilines is 1. The first-order chi connectivity index (χ1) is 11.4. The van der Waals surface area contributed by atoms with Crippen LogP contribution in [-0.2, 0) is 14.8 Å². The number of nitrogens with one attached hydrogen (secondary N) is 1. The molecule has 2 aliphatic heterocycles. The molecule has 6 nitrogen and oxygen atoms in total. The van der Waals surface area contributed by atoms with E-state index in [-0.39, 0.29) is 12.0 Å². The standard InChI is InChI=1S/C16H20N2O4S2/c1-18-7-6-11-8-16(11,24(18,20)21)15(19)17-12-2-4-13(5-3-12)22-14-9-23-10-14/h2-5,11,14H,6-10H2,1H3,(H,17,19)/t11-,16-/m0/s1. The van der Waals surface area contributed by atoms with E-state index in [1.807, 2.05) is 23.9 Å². The zero-order valence-corrected chi connectivity index (χ0v) is 15.0. The van der Waals surface area contributed by atoms with Crippen molar-refractivity contribution in [1.82, 2.24) is 4.31 Å². The van der Waals surface area contributed by atoms with Crippen molar-refractivity contribution >= 4 is 33.4 Å². The molecule has 0 spiro atoms. The minimum Gasteiger partial charge on any atom is -0.489 e. The topological polar surface area (TPSA) is 75.7 Å². The molecule has 1 aromatic rings. The first kappa shape index (κ1) is 16.2. The number of amides is 1. The van der Waals surface area contributed by atoms with Gasteiger partial charge in [0.2, 0.25) is 15.9 Å². The molecule has 130 valence electrons. The summed E-state index contributed by atoms with van der Waals surface area (Å²) in [4.78, 5) is 12.7. The van der Waals surface area contributed by atoms with Crippen LogP contribution in [0.5, 0.6) is 5.75 Å². The summed E-state index contributed by atoms with van der Waals surface area (Å²) in [7, 11) is -2.03. The Morgan fingerprint density at radius 3 is 2.67 bits per heavy atom. The van der Waals surface area contributed by atoms with Gasteiger partial charge in [-0.25, -0.2) is 12.7 Å². The maximum absolute atomic E-state index is 12.7. The van der Waals surface area contributed by atoms with Crippen molar-refractivity contribution in [2.45, 2.75) is 23.7 Å². The minimum atomic E-state index is -3.57. The Bertz CT molecular complexity index is 761. The number of carbonyl (C=O) groups excluding carboxylic acids is 1. The van der Waals surface area contributed by atoms with Gasteiger partial charge in [0.05, 0.1) is 0 Å². The van der Waals surface area contributed by atoms with Crippen molar-refractivity contribution in [1.29, 1.82) is 0 Å². The summed E-state index contributed by atoms with van der Waals surface area (Å²) in [5.41, 5.74) is 0.596. The molecule has 4 rings (SSSR count). The third-order valence-corrected chi connectivity index (χ3v) is 8.94. The number of hydrogen-bond donors (Lipinski definition) is 1. The molecule has 8 heteroatoms. The van der Waals surface area contributed by atoms with Crippen molar-refractivity contribution in [3.05, 3.63) is 24.3 Å². The van der Waals surface area contributed by atoms with Crippen LogP contribution in [0.4, 0.5) is 5.69 Å². The molecule has 0 radical (unpaired) electrons. The molecule has 1 aliphatic carbocycles. The van der Waals surface area contributed by atoms with E-state index in [1.165, 1.54) is 4.31 Å². The van der Waals surface area contributed by atoms with E-state index < -0.39 is 20.7 Å². The van der Waals surface area contributed by atoms with Crippen molar-refractivity contribution < 1.29 is 17.9 Å². The van der Waals surface area contributed by atoms with Gasteiger partial charge in [0.1, 0.15) is 11.9 Å². The second-order valence-corrected chi connectivity index (χ2v) is 10.0. The summed E-state index contributed by atoms with van der Waals surface area (Å²) in [6.45, 7) is 0.494. The molecule has 0 unspecified atom stereocenters. The lowest BCUT2D eigenvalue weighted by atomic mass is 10.2. The van der Waals surface area contributed by atoms with E-state index in [2.05, 4.69) is 5.32 Å². The smallest absolute Gasteiger partial charge is 0.247 e. The highest BCUT2D eigenvalue weighted by Crippen LogP contribution is 2.56. The van der Waals surface area contributed by atoms with Gasteiger partial charge >= 0.3 is 0 Å². The van der Waals surface area contributed by atoms with Crippen molar-refractivity contribution in [2.75, 3.05) is 30.4 Å². The molecule has 2 heterocycles. The van der Waals surface area contributed by atoms with Gasteiger partial charge < -0.3 is 10.1 Å². The number of hydrogen-bond acceptors (Lipinski definition) is 5. The van der Waals surface area contributed by atoms with Crippen LogP contribution in [0.1, 0.15) is 12.8 Å². The van der Waals surface area contributed by atoms with Gasteiger partial charge in [-0.05, 0) is 43.0 Å². The Kier molecular flexibility index (Phi) is 3.81. The number of sulfonamides is 1. The average molecular weight is 368 g/mol. The van der Waals surface area contributed by atoms with Crippen LogP contribution in [0, 0.1) is 5.92 Å². The molecular formula is C16H20N2O4S2. The lowest BCUT2D eigenvalue weighted by Crippen LogP contribution is -2.50. The van der Waals surface area contributed by atoms with E-state index in [4.69, 9.17) is 4.74 Å². The molecule has 3 aliphatic rings. The Morgan fingerprint density at radius 2 is 2.04 bits per heavy atom.